The monoisotopic (exact) mass is 251 g/mol. The Labute approximate surface area is 108 Å². The minimum Gasteiger partial charge on any atom is -0.493 e. The fourth-order valence-electron chi connectivity index (χ4n) is 2.30. The highest BCUT2D eigenvalue weighted by Gasteiger charge is 2.34. The van der Waals surface area contributed by atoms with Gasteiger partial charge in [-0.15, -0.1) is 0 Å². The van der Waals surface area contributed by atoms with Crippen LogP contribution in [0.5, 0.6) is 5.75 Å². The molecule has 1 heterocycles. The quantitative estimate of drug-likeness (QED) is 0.817. The first kappa shape index (κ1) is 12.8. The number of hydrogen-bond acceptors (Lipinski definition) is 3. The Balaban J connectivity index is 2.06. The molecule has 1 aliphatic rings. The zero-order valence-electron chi connectivity index (χ0n) is 10.4. The first-order valence-electron chi connectivity index (χ1n) is 6.28. The Morgan fingerprint density at radius 1 is 1.41 bits per heavy atom. The Morgan fingerprint density at radius 2 is 2.24 bits per heavy atom. The van der Waals surface area contributed by atoms with Crippen molar-refractivity contribution in [2.45, 2.75) is 19.8 Å². The van der Waals surface area contributed by atoms with Gasteiger partial charge >= 0.3 is 0 Å². The number of nitrogens with two attached hydrogens (primary N) is 1. The Hall–Kier alpha value is -0.670. The maximum atomic E-state index is 5.99. The fourth-order valence-corrected chi connectivity index (χ4v) is 3.17. The number of thioether (sulfide) groups is 1. The van der Waals surface area contributed by atoms with Gasteiger partial charge in [-0.2, -0.15) is 11.8 Å². The van der Waals surface area contributed by atoms with Crippen LogP contribution in [0, 0.1) is 5.41 Å². The Kier molecular flexibility index (Phi) is 4.35. The second-order valence-electron chi connectivity index (χ2n) is 4.72. The van der Waals surface area contributed by atoms with Crippen molar-refractivity contribution in [3.05, 3.63) is 29.8 Å². The fraction of sp³-hybridized carbons (Fsp3) is 0.571. The highest BCUT2D eigenvalue weighted by molar-refractivity contribution is 7.99. The first-order valence-corrected chi connectivity index (χ1v) is 7.44. The lowest BCUT2D eigenvalue weighted by molar-refractivity contribution is 0.123. The lowest BCUT2D eigenvalue weighted by Crippen LogP contribution is -2.41. The van der Waals surface area contributed by atoms with Gasteiger partial charge in [-0.3, -0.25) is 0 Å². The summed E-state index contributed by atoms with van der Waals surface area (Å²) in [5, 5.41) is 0. The van der Waals surface area contributed by atoms with Crippen molar-refractivity contribution in [1.29, 1.82) is 0 Å². The molecule has 0 aliphatic carbocycles. The van der Waals surface area contributed by atoms with Gasteiger partial charge in [0.2, 0.25) is 0 Å². The molecule has 94 valence electrons. The van der Waals surface area contributed by atoms with Crippen LogP contribution in [0.2, 0.25) is 0 Å². The molecule has 0 aromatic heterocycles. The van der Waals surface area contributed by atoms with E-state index in [0.29, 0.717) is 6.54 Å². The summed E-state index contributed by atoms with van der Waals surface area (Å²) in [5.41, 5.74) is 7.45. The van der Waals surface area contributed by atoms with Crippen LogP contribution < -0.4 is 10.5 Å². The molecule has 1 unspecified atom stereocenters. The molecule has 0 radical (unpaired) electrons. The van der Waals surface area contributed by atoms with E-state index in [-0.39, 0.29) is 5.41 Å². The third-order valence-electron chi connectivity index (χ3n) is 3.49. The predicted molar refractivity (Wildman–Crippen MR) is 74.7 cm³/mol. The number of hydrogen-bond donors (Lipinski definition) is 1. The molecule has 17 heavy (non-hydrogen) atoms. The molecule has 0 saturated carbocycles. The Morgan fingerprint density at radius 3 is 3.00 bits per heavy atom. The van der Waals surface area contributed by atoms with Gasteiger partial charge in [0.15, 0.2) is 0 Å². The van der Waals surface area contributed by atoms with Gasteiger partial charge in [-0.1, -0.05) is 25.1 Å². The van der Waals surface area contributed by atoms with Gasteiger partial charge in [0, 0.05) is 12.0 Å². The standard InChI is InChI=1S/C14H21NOS/c1-2-17-8-7-14(10-15)9-12-5-3-4-6-13(12)16-11-14/h3-6H,2,7-11,15H2,1H3. The molecule has 2 nitrogen and oxygen atoms in total. The Bertz CT molecular complexity index is 369. The van der Waals surface area contributed by atoms with E-state index in [1.54, 1.807) is 0 Å². The van der Waals surface area contributed by atoms with Gasteiger partial charge < -0.3 is 10.5 Å². The highest BCUT2D eigenvalue weighted by Crippen LogP contribution is 2.36. The molecule has 0 amide bonds. The van der Waals surface area contributed by atoms with E-state index in [1.807, 2.05) is 17.8 Å². The minimum absolute atomic E-state index is 0.149. The van der Waals surface area contributed by atoms with Crippen LogP contribution in [0.15, 0.2) is 24.3 Å². The summed E-state index contributed by atoms with van der Waals surface area (Å²) in [6.07, 6.45) is 2.21. The predicted octanol–water partition coefficient (Wildman–Crippen LogP) is 2.71. The molecule has 1 aromatic rings. The smallest absolute Gasteiger partial charge is 0.122 e. The summed E-state index contributed by atoms with van der Waals surface area (Å²) >= 11 is 1.99. The van der Waals surface area contributed by atoms with E-state index in [9.17, 15) is 0 Å². The molecule has 0 bridgehead atoms. The van der Waals surface area contributed by atoms with Crippen molar-refractivity contribution in [2.24, 2.45) is 11.1 Å². The lowest BCUT2D eigenvalue weighted by Gasteiger charge is -2.37. The molecule has 2 N–H and O–H groups in total. The number of rotatable bonds is 5. The van der Waals surface area contributed by atoms with E-state index < -0.39 is 0 Å². The number of fused-ring (bicyclic) bond motifs is 1. The van der Waals surface area contributed by atoms with Gasteiger partial charge in [0.1, 0.15) is 5.75 Å². The van der Waals surface area contributed by atoms with Crippen LogP contribution in [-0.4, -0.2) is 24.7 Å². The molecule has 2 rings (SSSR count). The number of benzene rings is 1. The summed E-state index contributed by atoms with van der Waals surface area (Å²) in [4.78, 5) is 0. The minimum atomic E-state index is 0.149. The summed E-state index contributed by atoms with van der Waals surface area (Å²) in [5.74, 6) is 3.40. The van der Waals surface area contributed by atoms with Crippen molar-refractivity contribution in [1.82, 2.24) is 0 Å². The van der Waals surface area contributed by atoms with Crippen molar-refractivity contribution < 1.29 is 4.74 Å². The van der Waals surface area contributed by atoms with Crippen LogP contribution >= 0.6 is 11.8 Å². The van der Waals surface area contributed by atoms with Crippen LogP contribution in [0.25, 0.3) is 0 Å². The lowest BCUT2D eigenvalue weighted by atomic mass is 9.78. The topological polar surface area (TPSA) is 35.2 Å². The molecule has 0 fully saturated rings. The summed E-state index contributed by atoms with van der Waals surface area (Å²) in [7, 11) is 0. The van der Waals surface area contributed by atoms with Crippen molar-refractivity contribution in [3.8, 4) is 5.75 Å². The molecule has 3 heteroatoms. The molecular weight excluding hydrogens is 230 g/mol. The zero-order valence-corrected chi connectivity index (χ0v) is 11.3. The van der Waals surface area contributed by atoms with Gasteiger partial charge in [-0.05, 0) is 36.0 Å². The molecule has 1 atom stereocenters. The SMILES string of the molecule is CCSCCC1(CN)COc2ccccc2C1. The number of para-hydroxylation sites is 1. The second kappa shape index (κ2) is 5.78. The van der Waals surface area contributed by atoms with Gasteiger partial charge in [0.05, 0.1) is 6.61 Å². The molecule has 1 aliphatic heterocycles. The summed E-state index contributed by atoms with van der Waals surface area (Å²) < 4.78 is 5.87. The number of ether oxygens (including phenoxy) is 1. The average molecular weight is 251 g/mol. The molecule has 0 spiro atoms. The van der Waals surface area contributed by atoms with Gasteiger partial charge in [-0.25, -0.2) is 0 Å². The first-order chi connectivity index (χ1) is 8.29. The maximum Gasteiger partial charge on any atom is 0.122 e. The average Bonchev–Trinajstić information content (AvgIpc) is 2.39. The van der Waals surface area contributed by atoms with Crippen LogP contribution in [0.3, 0.4) is 0 Å². The molecule has 1 aromatic carbocycles. The summed E-state index contributed by atoms with van der Waals surface area (Å²) in [6, 6.07) is 8.32. The van der Waals surface area contributed by atoms with E-state index in [0.717, 1.165) is 25.2 Å². The summed E-state index contributed by atoms with van der Waals surface area (Å²) in [6.45, 7) is 3.68. The van der Waals surface area contributed by atoms with E-state index in [4.69, 9.17) is 10.5 Å². The van der Waals surface area contributed by atoms with Crippen molar-refractivity contribution in [2.75, 3.05) is 24.7 Å². The van der Waals surface area contributed by atoms with Crippen molar-refractivity contribution in [3.63, 3.8) is 0 Å². The largest absolute Gasteiger partial charge is 0.493 e. The molecule has 0 saturated heterocycles. The van der Waals surface area contributed by atoms with E-state index >= 15 is 0 Å². The third kappa shape index (κ3) is 2.96. The van der Waals surface area contributed by atoms with E-state index in [2.05, 4.69) is 25.1 Å². The highest BCUT2D eigenvalue weighted by atomic mass is 32.2. The maximum absolute atomic E-state index is 5.99. The third-order valence-corrected chi connectivity index (χ3v) is 4.39. The van der Waals surface area contributed by atoms with E-state index in [1.165, 1.54) is 17.1 Å². The van der Waals surface area contributed by atoms with Crippen LogP contribution in [-0.2, 0) is 6.42 Å². The van der Waals surface area contributed by atoms with Gasteiger partial charge in [0.25, 0.3) is 0 Å². The van der Waals surface area contributed by atoms with Crippen LogP contribution in [0.4, 0.5) is 0 Å². The normalized spacial score (nSPS) is 22.9. The second-order valence-corrected chi connectivity index (χ2v) is 6.12. The van der Waals surface area contributed by atoms with Crippen molar-refractivity contribution >= 4 is 11.8 Å². The molecular formula is C14H21NOS. The van der Waals surface area contributed by atoms with Crippen LogP contribution in [0.1, 0.15) is 18.9 Å². The zero-order chi connectivity index (χ0) is 12.1.